The molecule has 1 aromatic heterocycles. The second-order valence-electron chi connectivity index (χ2n) is 10.2. The number of nitrogens with zero attached hydrogens (tertiary/aromatic N) is 4. The normalized spacial score (nSPS) is 16.5. The van der Waals surface area contributed by atoms with E-state index < -0.39 is 0 Å². The van der Waals surface area contributed by atoms with E-state index >= 15 is 0 Å². The summed E-state index contributed by atoms with van der Waals surface area (Å²) >= 11 is 0. The SMILES string of the molecule is C=CC(=O)N(CC)CC.Nc1nc(OC[C@@H]2CCCC(=O)C2)nc2c1CCN(c1cc(O)cc3ccccc13)C2. The van der Waals surface area contributed by atoms with Crippen molar-refractivity contribution in [2.75, 3.05) is 36.9 Å². The molecule has 2 aliphatic rings. The number of aromatic hydroxyl groups is 1. The summed E-state index contributed by atoms with van der Waals surface area (Å²) in [5.74, 6) is 1.24. The zero-order chi connectivity index (χ0) is 28.6. The number of hydrogen-bond acceptors (Lipinski definition) is 8. The minimum Gasteiger partial charge on any atom is -0.508 e. The third kappa shape index (κ3) is 6.89. The number of carbonyl (C=O) groups excluding carboxylic acids is 2. The molecule has 0 saturated heterocycles. The van der Waals surface area contributed by atoms with Gasteiger partial charge in [0.15, 0.2) is 0 Å². The summed E-state index contributed by atoms with van der Waals surface area (Å²) in [6.45, 7) is 10.6. The average Bonchev–Trinajstić information content (AvgIpc) is 2.96. The third-order valence-corrected chi connectivity index (χ3v) is 7.52. The van der Waals surface area contributed by atoms with Crippen LogP contribution in [0, 0.1) is 5.92 Å². The van der Waals surface area contributed by atoms with Gasteiger partial charge < -0.3 is 25.4 Å². The molecule has 3 aromatic rings. The van der Waals surface area contributed by atoms with Crippen LogP contribution in [0.3, 0.4) is 0 Å². The van der Waals surface area contributed by atoms with Crippen molar-refractivity contribution in [3.63, 3.8) is 0 Å². The van der Waals surface area contributed by atoms with Gasteiger partial charge in [-0.05, 0) is 56.6 Å². The Labute approximate surface area is 235 Å². The molecule has 1 saturated carbocycles. The first-order valence-corrected chi connectivity index (χ1v) is 14.0. The van der Waals surface area contributed by atoms with Gasteiger partial charge in [-0.3, -0.25) is 9.59 Å². The number of ketones is 1. The highest BCUT2D eigenvalue weighted by molar-refractivity contribution is 5.95. The van der Waals surface area contributed by atoms with Crippen molar-refractivity contribution in [2.24, 2.45) is 5.92 Å². The minimum absolute atomic E-state index is 0.0139. The molecule has 9 nitrogen and oxygen atoms in total. The first kappa shape index (κ1) is 28.9. The van der Waals surface area contributed by atoms with E-state index in [-0.39, 0.29) is 23.6 Å². The average molecular weight is 546 g/mol. The summed E-state index contributed by atoms with van der Waals surface area (Å²) in [6, 6.07) is 11.9. The lowest BCUT2D eigenvalue weighted by molar-refractivity contribution is -0.125. The standard InChI is InChI=1S/C24H26N4O3.C7H13NO/c25-23-20-8-9-28(22-12-18(30)11-16-5-1-2-7-19(16)22)13-21(20)26-24(27-23)31-14-15-4-3-6-17(29)10-15;1-4-7(9)8(5-2)6-3/h1-2,5,7,11-12,15,30H,3-4,6,8-10,13-14H2,(H2,25,26,27);4H,1,5-6H2,2-3H3/t15-;/m1./s1. The number of Topliss-reactive ketones (excluding diaryl/α,β-unsaturated/α-hetero) is 1. The minimum atomic E-state index is 0.0139. The molecule has 0 bridgehead atoms. The number of benzene rings is 2. The van der Waals surface area contributed by atoms with E-state index in [0.717, 1.165) is 66.6 Å². The molecule has 1 aliphatic carbocycles. The van der Waals surface area contributed by atoms with Crippen LogP contribution < -0.4 is 15.4 Å². The van der Waals surface area contributed by atoms with Gasteiger partial charge in [-0.1, -0.05) is 30.8 Å². The van der Waals surface area contributed by atoms with Crippen LogP contribution in [-0.2, 0) is 22.6 Å². The molecular weight excluding hydrogens is 506 g/mol. The molecule has 0 spiro atoms. The number of amides is 1. The van der Waals surface area contributed by atoms with Gasteiger partial charge in [0.05, 0.1) is 18.8 Å². The predicted molar refractivity (Wildman–Crippen MR) is 157 cm³/mol. The molecule has 0 unspecified atom stereocenters. The number of carbonyl (C=O) groups is 2. The van der Waals surface area contributed by atoms with E-state index in [9.17, 15) is 14.7 Å². The smallest absolute Gasteiger partial charge is 0.318 e. The summed E-state index contributed by atoms with van der Waals surface area (Å²) in [6.07, 6.45) is 5.23. The number of nitrogens with two attached hydrogens (primary N) is 1. The van der Waals surface area contributed by atoms with E-state index in [1.54, 1.807) is 17.0 Å². The van der Waals surface area contributed by atoms with Gasteiger partial charge in [0.1, 0.15) is 17.4 Å². The predicted octanol–water partition coefficient (Wildman–Crippen LogP) is 4.66. The molecule has 9 heteroatoms. The number of aromatic nitrogens is 2. The van der Waals surface area contributed by atoms with E-state index in [0.29, 0.717) is 37.6 Å². The van der Waals surface area contributed by atoms with Crippen LogP contribution in [0.2, 0.25) is 0 Å². The van der Waals surface area contributed by atoms with Gasteiger partial charge in [0.25, 0.3) is 0 Å². The molecule has 212 valence electrons. The summed E-state index contributed by atoms with van der Waals surface area (Å²) in [5.41, 5.74) is 9.01. The maximum atomic E-state index is 11.7. The lowest BCUT2D eigenvalue weighted by Crippen LogP contribution is -2.32. The molecule has 0 radical (unpaired) electrons. The van der Waals surface area contributed by atoms with Crippen LogP contribution in [-0.4, -0.2) is 57.9 Å². The Morgan fingerprint density at radius 2 is 2.00 bits per heavy atom. The van der Waals surface area contributed by atoms with Gasteiger partial charge in [-0.15, -0.1) is 0 Å². The van der Waals surface area contributed by atoms with Crippen molar-refractivity contribution in [3.05, 3.63) is 60.3 Å². The second kappa shape index (κ2) is 13.3. The number of hydrogen-bond donors (Lipinski definition) is 2. The van der Waals surface area contributed by atoms with Crippen molar-refractivity contribution in [1.29, 1.82) is 0 Å². The Balaban J connectivity index is 0.000000357. The van der Waals surface area contributed by atoms with Gasteiger partial charge in [-0.25, -0.2) is 0 Å². The Morgan fingerprint density at radius 3 is 2.70 bits per heavy atom. The summed E-state index contributed by atoms with van der Waals surface area (Å²) < 4.78 is 5.86. The monoisotopic (exact) mass is 545 g/mol. The highest BCUT2D eigenvalue weighted by Gasteiger charge is 2.25. The number of rotatable bonds is 7. The van der Waals surface area contributed by atoms with Crippen molar-refractivity contribution < 1.29 is 19.4 Å². The summed E-state index contributed by atoms with van der Waals surface area (Å²) in [5, 5.41) is 12.3. The molecule has 1 amide bonds. The quantitative estimate of drug-likeness (QED) is 0.411. The van der Waals surface area contributed by atoms with Crippen LogP contribution in [0.4, 0.5) is 11.5 Å². The zero-order valence-electron chi connectivity index (χ0n) is 23.4. The highest BCUT2D eigenvalue weighted by atomic mass is 16.5. The molecular formula is C31H39N5O4. The van der Waals surface area contributed by atoms with Gasteiger partial charge >= 0.3 is 6.01 Å². The maximum absolute atomic E-state index is 11.7. The largest absolute Gasteiger partial charge is 0.508 e. The fourth-order valence-corrected chi connectivity index (χ4v) is 5.36. The van der Waals surface area contributed by atoms with Gasteiger partial charge in [0, 0.05) is 55.2 Å². The van der Waals surface area contributed by atoms with E-state index in [1.807, 2.05) is 32.0 Å². The Kier molecular flexibility index (Phi) is 9.58. The lowest BCUT2D eigenvalue weighted by Gasteiger charge is -2.31. The molecule has 2 aromatic carbocycles. The van der Waals surface area contributed by atoms with Gasteiger partial charge in [0.2, 0.25) is 5.91 Å². The third-order valence-electron chi connectivity index (χ3n) is 7.52. The van der Waals surface area contributed by atoms with Gasteiger partial charge in [-0.2, -0.15) is 9.97 Å². The van der Waals surface area contributed by atoms with Crippen molar-refractivity contribution in [2.45, 2.75) is 52.5 Å². The first-order chi connectivity index (χ1) is 19.3. The van der Waals surface area contributed by atoms with E-state index in [4.69, 9.17) is 10.5 Å². The molecule has 1 aliphatic heterocycles. The molecule has 1 atom stereocenters. The Hall–Kier alpha value is -4.14. The molecule has 40 heavy (non-hydrogen) atoms. The highest BCUT2D eigenvalue weighted by Crippen LogP contribution is 2.35. The fourth-order valence-electron chi connectivity index (χ4n) is 5.36. The zero-order valence-corrected chi connectivity index (χ0v) is 23.4. The Bertz CT molecular complexity index is 1370. The maximum Gasteiger partial charge on any atom is 0.318 e. The lowest BCUT2D eigenvalue weighted by atomic mass is 9.89. The van der Waals surface area contributed by atoms with E-state index in [2.05, 4.69) is 27.5 Å². The molecule has 3 N–H and O–H groups in total. The number of anilines is 2. The molecule has 1 fully saturated rings. The second-order valence-corrected chi connectivity index (χ2v) is 10.2. The van der Waals surface area contributed by atoms with Crippen molar-refractivity contribution in [3.8, 4) is 11.8 Å². The topological polar surface area (TPSA) is 122 Å². The van der Waals surface area contributed by atoms with Crippen LogP contribution in [0.25, 0.3) is 10.8 Å². The van der Waals surface area contributed by atoms with Crippen molar-refractivity contribution in [1.82, 2.24) is 14.9 Å². The fraction of sp³-hybridized carbons (Fsp3) is 0.419. The number of likely N-dealkylation sites (N-methyl/N-ethyl adjacent to an activating group) is 1. The van der Waals surface area contributed by atoms with Crippen molar-refractivity contribution >= 4 is 34.0 Å². The van der Waals surface area contributed by atoms with Crippen LogP contribution in [0.1, 0.15) is 50.8 Å². The summed E-state index contributed by atoms with van der Waals surface area (Å²) in [4.78, 5) is 35.4. The molecule has 5 rings (SSSR count). The molecule has 2 heterocycles. The Morgan fingerprint density at radius 1 is 1.23 bits per heavy atom. The summed E-state index contributed by atoms with van der Waals surface area (Å²) in [7, 11) is 0. The van der Waals surface area contributed by atoms with Crippen LogP contribution >= 0.6 is 0 Å². The number of phenols is 1. The number of ether oxygens (including phenoxy) is 1. The van der Waals surface area contributed by atoms with E-state index in [1.165, 1.54) is 6.08 Å². The van der Waals surface area contributed by atoms with Crippen LogP contribution in [0.15, 0.2) is 49.1 Å². The number of nitrogen functional groups attached to an aromatic ring is 1. The first-order valence-electron chi connectivity index (χ1n) is 14.0. The van der Waals surface area contributed by atoms with Crippen LogP contribution in [0.5, 0.6) is 11.8 Å². The number of fused-ring (bicyclic) bond motifs is 2. The number of phenolic OH excluding ortho intramolecular Hbond substituents is 1.